The molecule has 0 radical (unpaired) electrons. The number of unbranched alkanes of at least 4 members (excludes halogenated alkanes) is 1. The van der Waals surface area contributed by atoms with E-state index in [0.29, 0.717) is 39.8 Å². The van der Waals surface area contributed by atoms with Crippen molar-refractivity contribution in [3.8, 4) is 11.5 Å². The summed E-state index contributed by atoms with van der Waals surface area (Å²) in [6.45, 7) is 8.47. The maximum absolute atomic E-state index is 5.75. The van der Waals surface area contributed by atoms with Crippen molar-refractivity contribution in [1.82, 2.24) is 0 Å². The molecule has 6 heteroatoms. The molecule has 0 bridgehead atoms. The van der Waals surface area contributed by atoms with Gasteiger partial charge in [-0.3, -0.25) is 0 Å². The summed E-state index contributed by atoms with van der Waals surface area (Å²) in [6, 6.07) is 4.12. The Morgan fingerprint density at radius 1 is 0.800 bits per heavy atom. The predicted octanol–water partition coefficient (Wildman–Crippen LogP) is 3.72. The van der Waals surface area contributed by atoms with Gasteiger partial charge in [-0.05, 0) is 36.1 Å². The first-order valence-electron chi connectivity index (χ1n) is 8.99. The van der Waals surface area contributed by atoms with Crippen LogP contribution in [-0.2, 0) is 27.2 Å². The van der Waals surface area contributed by atoms with Crippen molar-refractivity contribution < 1.29 is 63.6 Å². The van der Waals surface area contributed by atoms with Crippen LogP contribution in [0.25, 0.3) is 0 Å². The van der Waals surface area contributed by atoms with E-state index >= 15 is 0 Å². The molecule has 1 aromatic rings. The van der Waals surface area contributed by atoms with Gasteiger partial charge in [0.2, 0.25) is 6.79 Å². The fourth-order valence-corrected chi connectivity index (χ4v) is 2.53. The van der Waals surface area contributed by atoms with Crippen molar-refractivity contribution in [2.24, 2.45) is 0 Å². The molecule has 5 nitrogen and oxygen atoms in total. The summed E-state index contributed by atoms with van der Waals surface area (Å²) in [4.78, 5) is 0. The maximum atomic E-state index is 5.75. The van der Waals surface area contributed by atoms with Gasteiger partial charge in [0.05, 0.1) is 33.0 Å². The maximum Gasteiger partial charge on any atom is 0.231 e. The zero-order valence-corrected chi connectivity index (χ0v) is 17.6. The van der Waals surface area contributed by atoms with Gasteiger partial charge in [-0.1, -0.05) is 26.7 Å². The number of fused-ring (bicyclic) bond motifs is 1. The van der Waals surface area contributed by atoms with Crippen LogP contribution in [0.1, 0.15) is 44.2 Å². The molecule has 144 valence electrons. The molecule has 0 unspecified atom stereocenters. The van der Waals surface area contributed by atoms with E-state index in [1.165, 1.54) is 11.1 Å². The van der Waals surface area contributed by atoms with E-state index in [1.807, 2.05) is 6.07 Å². The van der Waals surface area contributed by atoms with Crippen molar-refractivity contribution in [3.63, 3.8) is 0 Å². The smallest absolute Gasteiger partial charge is 0.231 e. The largest absolute Gasteiger partial charge is 0.454 e. The third-order valence-corrected chi connectivity index (χ3v) is 3.86. The van der Waals surface area contributed by atoms with Gasteiger partial charge in [-0.15, -0.1) is 0 Å². The van der Waals surface area contributed by atoms with E-state index in [4.69, 9.17) is 23.7 Å². The fourth-order valence-electron chi connectivity index (χ4n) is 2.53. The van der Waals surface area contributed by atoms with Crippen LogP contribution in [-0.4, -0.2) is 39.8 Å². The van der Waals surface area contributed by atoms with Crippen molar-refractivity contribution in [2.45, 2.75) is 46.1 Å². The summed E-state index contributed by atoms with van der Waals surface area (Å²) in [5, 5.41) is 0. The predicted molar refractivity (Wildman–Crippen MR) is 92.8 cm³/mol. The van der Waals surface area contributed by atoms with Crippen LogP contribution in [0.4, 0.5) is 0 Å². The number of rotatable bonds is 13. The summed E-state index contributed by atoms with van der Waals surface area (Å²) in [5.41, 5.74) is 2.44. The molecule has 1 aliphatic heterocycles. The molecule has 0 atom stereocenters. The number of hydrogen-bond acceptors (Lipinski definition) is 5. The fraction of sp³-hybridized carbons (Fsp3) is 0.684. The van der Waals surface area contributed by atoms with Crippen LogP contribution in [0, 0.1) is 39.9 Å². The van der Waals surface area contributed by atoms with Crippen molar-refractivity contribution in [2.75, 3.05) is 39.8 Å². The average Bonchev–Trinajstić information content (AvgIpc) is 3.04. The molecule has 0 aromatic heterocycles. The molecular weight excluding hydrogens is 465 g/mol. The minimum atomic E-state index is 0. The van der Waals surface area contributed by atoms with E-state index in [9.17, 15) is 0 Å². The number of benzene rings is 1. The van der Waals surface area contributed by atoms with Crippen molar-refractivity contribution >= 4 is 0 Å². The van der Waals surface area contributed by atoms with E-state index in [1.54, 1.807) is 0 Å². The minimum absolute atomic E-state index is 0. The van der Waals surface area contributed by atoms with Crippen LogP contribution in [0.2, 0.25) is 0 Å². The molecule has 0 amide bonds. The molecule has 2 rings (SSSR count). The Balaban J connectivity index is 0.00000312. The van der Waals surface area contributed by atoms with Crippen molar-refractivity contribution in [3.05, 3.63) is 23.3 Å². The monoisotopic (exact) mass is 496 g/mol. The zero-order chi connectivity index (χ0) is 17.0. The second-order valence-electron chi connectivity index (χ2n) is 5.86. The molecule has 0 fully saturated rings. The van der Waals surface area contributed by atoms with E-state index in [0.717, 1.165) is 43.8 Å². The molecule has 1 aliphatic rings. The molecule has 0 spiro atoms. The molecule has 1 aromatic carbocycles. The Morgan fingerprint density at radius 3 is 2.04 bits per heavy atom. The average molecular weight is 496 g/mol. The van der Waals surface area contributed by atoms with Crippen LogP contribution in [0.3, 0.4) is 0 Å². The Labute approximate surface area is 183 Å². The summed E-state index contributed by atoms with van der Waals surface area (Å²) < 4.78 is 27.6. The number of ether oxygens (including phenoxy) is 5. The first-order chi connectivity index (χ1) is 11.8. The third-order valence-electron chi connectivity index (χ3n) is 3.86. The number of hydrogen-bond donors (Lipinski definition) is 0. The van der Waals surface area contributed by atoms with Gasteiger partial charge >= 0.3 is 0 Å². The van der Waals surface area contributed by atoms with Crippen molar-refractivity contribution in [1.29, 1.82) is 0 Å². The summed E-state index contributed by atoms with van der Waals surface area (Å²) in [6.07, 6.45) is 4.38. The first-order valence-corrected chi connectivity index (χ1v) is 8.99. The zero-order valence-electron chi connectivity index (χ0n) is 15.3. The molecule has 0 saturated heterocycles. The molecule has 0 N–H and O–H groups in total. The van der Waals surface area contributed by atoms with Crippen LogP contribution >= 0.6 is 0 Å². The number of aryl methyl sites for hydroxylation is 1. The molecule has 0 aliphatic carbocycles. The van der Waals surface area contributed by atoms with Gasteiger partial charge in [-0.2, -0.15) is 0 Å². The van der Waals surface area contributed by atoms with E-state index in [2.05, 4.69) is 19.9 Å². The second-order valence-corrected chi connectivity index (χ2v) is 5.86. The van der Waals surface area contributed by atoms with Gasteiger partial charge in [0, 0.05) is 46.5 Å². The summed E-state index contributed by atoms with van der Waals surface area (Å²) in [7, 11) is 0. The molecule has 0 saturated carbocycles. The van der Waals surface area contributed by atoms with E-state index in [-0.39, 0.29) is 39.9 Å². The quantitative estimate of drug-likeness (QED) is 0.391. The first kappa shape index (κ1) is 23.1. The topological polar surface area (TPSA) is 46.2 Å². The Morgan fingerprint density at radius 2 is 1.40 bits per heavy atom. The molecule has 25 heavy (non-hydrogen) atoms. The van der Waals surface area contributed by atoms with Gasteiger partial charge in [0.25, 0.3) is 0 Å². The standard InChI is InChI=1S/C19H30O5.Gd/c1-3-5-7-20-8-9-21-10-11-22-14-17-13-19-18(23-15-24-19)12-16(17)6-4-2;/h12-13H,3-11,14-15H2,1-2H3;. The van der Waals surface area contributed by atoms with Crippen LogP contribution in [0.5, 0.6) is 11.5 Å². The second kappa shape index (κ2) is 14.1. The molecular formula is C19H30GdO5. The van der Waals surface area contributed by atoms with Gasteiger partial charge < -0.3 is 23.7 Å². The minimum Gasteiger partial charge on any atom is -0.454 e. The van der Waals surface area contributed by atoms with Gasteiger partial charge in [0.1, 0.15) is 0 Å². The van der Waals surface area contributed by atoms with Gasteiger partial charge in [-0.25, -0.2) is 0 Å². The Kier molecular flexibility index (Phi) is 13.0. The van der Waals surface area contributed by atoms with Crippen LogP contribution < -0.4 is 9.47 Å². The normalized spacial score (nSPS) is 12.2. The third kappa shape index (κ3) is 8.50. The Bertz CT molecular complexity index is 481. The summed E-state index contributed by atoms with van der Waals surface area (Å²) >= 11 is 0. The van der Waals surface area contributed by atoms with Gasteiger partial charge in [0.15, 0.2) is 11.5 Å². The summed E-state index contributed by atoms with van der Waals surface area (Å²) in [5.74, 6) is 1.66. The molecule has 1 heterocycles. The van der Waals surface area contributed by atoms with Crippen LogP contribution in [0.15, 0.2) is 12.1 Å². The van der Waals surface area contributed by atoms with E-state index < -0.39 is 0 Å². The SMILES string of the molecule is CCCCOCCOCCOCc1cc2c(cc1CCC)OCO2.[Gd]. The Hall–Kier alpha value is 0.0247.